The number of carbonyl (C=O) groups is 1. The number of hydrogen-bond donors (Lipinski definition) is 2. The molecule has 1 saturated heterocycles. The average Bonchev–Trinajstić information content (AvgIpc) is 2.39. The number of alkyl halides is 3. The molecular formula is C13H21F3N2O. The van der Waals surface area contributed by atoms with Gasteiger partial charge in [-0.05, 0) is 32.2 Å². The largest absolute Gasteiger partial charge is 0.392 e. The molecule has 110 valence electrons. The van der Waals surface area contributed by atoms with Gasteiger partial charge >= 0.3 is 6.18 Å². The number of amides is 1. The summed E-state index contributed by atoms with van der Waals surface area (Å²) in [4.78, 5) is 12.1. The van der Waals surface area contributed by atoms with Crippen molar-refractivity contribution in [2.75, 3.05) is 13.1 Å². The summed E-state index contributed by atoms with van der Waals surface area (Å²) in [6, 6.07) is -0.0166. The van der Waals surface area contributed by atoms with Crippen LogP contribution in [0, 0.1) is 11.8 Å². The Morgan fingerprint density at radius 1 is 1.11 bits per heavy atom. The first-order valence-corrected chi connectivity index (χ1v) is 7.06. The van der Waals surface area contributed by atoms with E-state index in [1.807, 2.05) is 0 Å². The van der Waals surface area contributed by atoms with Crippen molar-refractivity contribution in [3.63, 3.8) is 0 Å². The Labute approximate surface area is 111 Å². The van der Waals surface area contributed by atoms with E-state index in [1.54, 1.807) is 0 Å². The molecule has 0 bridgehead atoms. The number of piperidine rings is 1. The second kappa shape index (κ2) is 6.11. The topological polar surface area (TPSA) is 41.1 Å². The van der Waals surface area contributed by atoms with E-state index in [-0.39, 0.29) is 12.5 Å². The standard InChI is InChI=1S/C13H21F3N2O/c14-13(15,16)11-6-2-1-5-10(11)12(19)18-9-4-3-7-17-8-9/h9-11,17H,1-8H2,(H,18,19)/t9-,10?,11?/m0/s1. The molecule has 2 fully saturated rings. The van der Waals surface area contributed by atoms with Crippen molar-refractivity contribution in [2.45, 2.75) is 50.7 Å². The van der Waals surface area contributed by atoms with Crippen LogP contribution in [0.15, 0.2) is 0 Å². The van der Waals surface area contributed by atoms with Crippen LogP contribution in [0.4, 0.5) is 13.2 Å². The fourth-order valence-electron chi connectivity index (χ4n) is 3.12. The molecule has 3 atom stereocenters. The van der Waals surface area contributed by atoms with Crippen LogP contribution in [-0.2, 0) is 4.79 Å². The van der Waals surface area contributed by atoms with Crippen molar-refractivity contribution in [1.82, 2.24) is 10.6 Å². The van der Waals surface area contributed by atoms with Gasteiger partial charge in [0.05, 0.1) is 5.92 Å². The Morgan fingerprint density at radius 3 is 2.47 bits per heavy atom. The highest BCUT2D eigenvalue weighted by Crippen LogP contribution is 2.41. The maximum Gasteiger partial charge on any atom is 0.392 e. The van der Waals surface area contributed by atoms with Gasteiger partial charge in [-0.1, -0.05) is 12.8 Å². The number of carbonyl (C=O) groups excluding carboxylic acids is 1. The van der Waals surface area contributed by atoms with Gasteiger partial charge in [0, 0.05) is 18.5 Å². The van der Waals surface area contributed by atoms with Gasteiger partial charge < -0.3 is 10.6 Å². The van der Waals surface area contributed by atoms with E-state index in [1.165, 1.54) is 0 Å². The molecule has 2 rings (SSSR count). The molecule has 0 aromatic carbocycles. The van der Waals surface area contributed by atoms with Crippen molar-refractivity contribution < 1.29 is 18.0 Å². The molecule has 3 nitrogen and oxygen atoms in total. The Hall–Kier alpha value is -0.780. The van der Waals surface area contributed by atoms with Gasteiger partial charge in [-0.3, -0.25) is 4.79 Å². The smallest absolute Gasteiger partial charge is 0.352 e. The summed E-state index contributed by atoms with van der Waals surface area (Å²) in [5, 5.41) is 5.94. The van der Waals surface area contributed by atoms with Crippen LogP contribution in [0.1, 0.15) is 38.5 Å². The van der Waals surface area contributed by atoms with Crippen molar-refractivity contribution in [3.05, 3.63) is 0 Å². The molecule has 1 saturated carbocycles. The number of nitrogens with one attached hydrogen (secondary N) is 2. The van der Waals surface area contributed by atoms with Crippen LogP contribution in [0.25, 0.3) is 0 Å². The van der Waals surface area contributed by atoms with Gasteiger partial charge in [0.1, 0.15) is 0 Å². The minimum atomic E-state index is -4.26. The third kappa shape index (κ3) is 3.84. The molecule has 1 aliphatic heterocycles. The van der Waals surface area contributed by atoms with Crippen LogP contribution in [-0.4, -0.2) is 31.2 Å². The molecule has 0 aromatic heterocycles. The van der Waals surface area contributed by atoms with E-state index in [0.717, 1.165) is 19.4 Å². The molecular weight excluding hydrogens is 257 g/mol. The number of rotatable bonds is 2. The summed E-state index contributed by atoms with van der Waals surface area (Å²) < 4.78 is 38.8. The Kier molecular flexibility index (Phi) is 4.71. The first kappa shape index (κ1) is 14.6. The number of hydrogen-bond acceptors (Lipinski definition) is 2. The monoisotopic (exact) mass is 278 g/mol. The summed E-state index contributed by atoms with van der Waals surface area (Å²) in [6.45, 7) is 1.58. The van der Waals surface area contributed by atoms with E-state index >= 15 is 0 Å². The van der Waals surface area contributed by atoms with Gasteiger partial charge in [0.2, 0.25) is 5.91 Å². The van der Waals surface area contributed by atoms with Gasteiger partial charge in [-0.15, -0.1) is 0 Å². The molecule has 19 heavy (non-hydrogen) atoms. The molecule has 0 aromatic rings. The van der Waals surface area contributed by atoms with Crippen LogP contribution >= 0.6 is 0 Å². The highest BCUT2D eigenvalue weighted by Gasteiger charge is 2.48. The zero-order chi connectivity index (χ0) is 13.9. The normalized spacial score (nSPS) is 32.9. The lowest BCUT2D eigenvalue weighted by Gasteiger charge is -2.33. The van der Waals surface area contributed by atoms with Crippen molar-refractivity contribution >= 4 is 5.91 Å². The zero-order valence-corrected chi connectivity index (χ0v) is 10.9. The van der Waals surface area contributed by atoms with Crippen LogP contribution in [0.5, 0.6) is 0 Å². The molecule has 2 aliphatic rings. The molecule has 1 amide bonds. The van der Waals surface area contributed by atoms with Gasteiger partial charge in [-0.2, -0.15) is 13.2 Å². The molecule has 0 spiro atoms. The molecule has 2 unspecified atom stereocenters. The van der Waals surface area contributed by atoms with Crippen LogP contribution < -0.4 is 10.6 Å². The lowest BCUT2D eigenvalue weighted by Crippen LogP contribution is -2.50. The highest BCUT2D eigenvalue weighted by atomic mass is 19.4. The SMILES string of the molecule is O=C(N[C@H]1CCCNC1)C1CCCCC1C(F)(F)F. The third-order valence-corrected chi connectivity index (χ3v) is 4.17. The van der Waals surface area contributed by atoms with E-state index < -0.39 is 23.9 Å². The second-order valence-corrected chi connectivity index (χ2v) is 5.59. The summed E-state index contributed by atoms with van der Waals surface area (Å²) in [5.74, 6) is -2.76. The summed E-state index contributed by atoms with van der Waals surface area (Å²) >= 11 is 0. The zero-order valence-electron chi connectivity index (χ0n) is 10.9. The fraction of sp³-hybridized carbons (Fsp3) is 0.923. The van der Waals surface area contributed by atoms with Crippen molar-refractivity contribution in [3.8, 4) is 0 Å². The molecule has 1 heterocycles. The minimum Gasteiger partial charge on any atom is -0.352 e. The van der Waals surface area contributed by atoms with Gasteiger partial charge in [0.15, 0.2) is 0 Å². The summed E-state index contributed by atoms with van der Waals surface area (Å²) in [6.07, 6.45) is -0.721. The highest BCUT2D eigenvalue weighted by molar-refractivity contribution is 5.79. The van der Waals surface area contributed by atoms with Crippen molar-refractivity contribution in [2.24, 2.45) is 11.8 Å². The quantitative estimate of drug-likeness (QED) is 0.813. The van der Waals surface area contributed by atoms with Crippen molar-refractivity contribution in [1.29, 1.82) is 0 Å². The van der Waals surface area contributed by atoms with E-state index in [4.69, 9.17) is 0 Å². The minimum absolute atomic E-state index is 0.0166. The fourth-order valence-corrected chi connectivity index (χ4v) is 3.12. The molecule has 0 radical (unpaired) electrons. The summed E-state index contributed by atoms with van der Waals surface area (Å²) in [5.41, 5.74) is 0. The van der Waals surface area contributed by atoms with E-state index in [2.05, 4.69) is 10.6 Å². The maximum atomic E-state index is 12.9. The number of halogens is 3. The lowest BCUT2D eigenvalue weighted by molar-refractivity contribution is -0.198. The summed E-state index contributed by atoms with van der Waals surface area (Å²) in [7, 11) is 0. The maximum absolute atomic E-state index is 12.9. The van der Waals surface area contributed by atoms with Crippen LogP contribution in [0.3, 0.4) is 0 Å². The third-order valence-electron chi connectivity index (χ3n) is 4.17. The predicted octanol–water partition coefficient (Wildman–Crippen LogP) is 2.22. The predicted molar refractivity (Wildman–Crippen MR) is 65.5 cm³/mol. The second-order valence-electron chi connectivity index (χ2n) is 5.59. The Morgan fingerprint density at radius 2 is 1.84 bits per heavy atom. The molecule has 1 aliphatic carbocycles. The molecule has 2 N–H and O–H groups in total. The lowest BCUT2D eigenvalue weighted by atomic mass is 9.78. The van der Waals surface area contributed by atoms with E-state index in [9.17, 15) is 18.0 Å². The Balaban J connectivity index is 1.95. The van der Waals surface area contributed by atoms with Crippen LogP contribution in [0.2, 0.25) is 0 Å². The Bertz CT molecular complexity index is 314. The average molecular weight is 278 g/mol. The van der Waals surface area contributed by atoms with Gasteiger partial charge in [-0.25, -0.2) is 0 Å². The first-order valence-electron chi connectivity index (χ1n) is 7.06. The van der Waals surface area contributed by atoms with E-state index in [0.29, 0.717) is 25.8 Å². The first-order chi connectivity index (χ1) is 8.98. The van der Waals surface area contributed by atoms with Gasteiger partial charge in [0.25, 0.3) is 0 Å². The molecule has 6 heteroatoms.